The molecule has 22 heavy (non-hydrogen) atoms. The third-order valence-electron chi connectivity index (χ3n) is 4.04. The Bertz CT molecular complexity index is 769. The van der Waals surface area contributed by atoms with E-state index in [4.69, 9.17) is 4.74 Å². The van der Waals surface area contributed by atoms with Gasteiger partial charge < -0.3 is 9.64 Å². The lowest BCUT2D eigenvalue weighted by Crippen LogP contribution is -2.46. The van der Waals surface area contributed by atoms with Crippen LogP contribution in [0.1, 0.15) is 23.8 Å². The fraction of sp³-hybridized carbons (Fsp3) is 0.438. The van der Waals surface area contributed by atoms with Gasteiger partial charge in [0.2, 0.25) is 0 Å². The molecule has 1 aliphatic rings. The summed E-state index contributed by atoms with van der Waals surface area (Å²) in [5.74, 6) is -0.145. The van der Waals surface area contributed by atoms with Gasteiger partial charge in [-0.05, 0) is 12.5 Å². The topological polar surface area (TPSA) is 64.4 Å². The standard InChI is InChI=1S/C16H19N3O3/c1-3-11-10-19(8-9-22-11)16(21)14-12-6-4-5-7-13(12)15(20)18(2)17-14/h4-7,11H,3,8-10H2,1-2H3. The van der Waals surface area contributed by atoms with E-state index in [9.17, 15) is 9.59 Å². The SMILES string of the molecule is CCC1CN(C(=O)c2nn(C)c(=O)c3ccccc23)CCO1. The molecule has 1 atom stereocenters. The number of amides is 1. The number of carbonyl (C=O) groups is 1. The summed E-state index contributed by atoms with van der Waals surface area (Å²) < 4.78 is 6.83. The average molecular weight is 301 g/mol. The number of benzene rings is 1. The van der Waals surface area contributed by atoms with E-state index in [0.717, 1.165) is 6.42 Å². The lowest BCUT2D eigenvalue weighted by atomic mass is 10.1. The zero-order valence-electron chi connectivity index (χ0n) is 12.8. The highest BCUT2D eigenvalue weighted by Gasteiger charge is 2.26. The normalized spacial score (nSPS) is 18.6. The summed E-state index contributed by atoms with van der Waals surface area (Å²) in [6.07, 6.45) is 0.933. The molecule has 3 rings (SSSR count). The minimum Gasteiger partial charge on any atom is -0.375 e. The summed E-state index contributed by atoms with van der Waals surface area (Å²) in [7, 11) is 1.57. The van der Waals surface area contributed by atoms with E-state index in [0.29, 0.717) is 36.2 Å². The van der Waals surface area contributed by atoms with Crippen LogP contribution >= 0.6 is 0 Å². The van der Waals surface area contributed by atoms with Crippen molar-refractivity contribution in [2.75, 3.05) is 19.7 Å². The van der Waals surface area contributed by atoms with Gasteiger partial charge in [0.1, 0.15) is 0 Å². The van der Waals surface area contributed by atoms with Crippen molar-refractivity contribution in [2.24, 2.45) is 7.05 Å². The van der Waals surface area contributed by atoms with Crippen molar-refractivity contribution in [2.45, 2.75) is 19.4 Å². The van der Waals surface area contributed by atoms with Crippen molar-refractivity contribution < 1.29 is 9.53 Å². The molecule has 0 bridgehead atoms. The number of fused-ring (bicyclic) bond motifs is 1. The van der Waals surface area contributed by atoms with Crippen LogP contribution in [-0.4, -0.2) is 46.4 Å². The maximum atomic E-state index is 12.8. The molecule has 0 N–H and O–H groups in total. The first-order valence-electron chi connectivity index (χ1n) is 7.48. The highest BCUT2D eigenvalue weighted by atomic mass is 16.5. The molecular formula is C16H19N3O3. The number of hydrogen-bond acceptors (Lipinski definition) is 4. The van der Waals surface area contributed by atoms with Gasteiger partial charge in [0, 0.05) is 25.5 Å². The predicted octanol–water partition coefficient (Wildman–Crippen LogP) is 1.18. The molecule has 0 aliphatic carbocycles. The summed E-state index contributed by atoms with van der Waals surface area (Å²) in [5, 5.41) is 5.32. The molecule has 2 heterocycles. The van der Waals surface area contributed by atoms with E-state index in [2.05, 4.69) is 5.10 Å². The maximum absolute atomic E-state index is 12.8. The maximum Gasteiger partial charge on any atom is 0.275 e. The Kier molecular flexibility index (Phi) is 3.94. The molecule has 116 valence electrons. The monoisotopic (exact) mass is 301 g/mol. The lowest BCUT2D eigenvalue weighted by molar-refractivity contribution is -0.0228. The van der Waals surface area contributed by atoms with Crippen LogP contribution < -0.4 is 5.56 Å². The summed E-state index contributed by atoms with van der Waals surface area (Å²) in [6.45, 7) is 3.69. The van der Waals surface area contributed by atoms with Gasteiger partial charge in [0.25, 0.3) is 11.5 Å². The molecule has 1 aliphatic heterocycles. The number of aromatic nitrogens is 2. The zero-order valence-corrected chi connectivity index (χ0v) is 12.8. The van der Waals surface area contributed by atoms with Gasteiger partial charge in [-0.15, -0.1) is 0 Å². The van der Waals surface area contributed by atoms with Gasteiger partial charge in [-0.2, -0.15) is 5.10 Å². The number of rotatable bonds is 2. The molecule has 0 spiro atoms. The summed E-state index contributed by atoms with van der Waals surface area (Å²) >= 11 is 0. The number of morpholine rings is 1. The van der Waals surface area contributed by atoms with Gasteiger partial charge in [0.15, 0.2) is 5.69 Å². The minimum absolute atomic E-state index is 0.0662. The lowest BCUT2D eigenvalue weighted by Gasteiger charge is -2.32. The molecule has 1 aromatic heterocycles. The first-order chi connectivity index (χ1) is 10.6. The number of nitrogens with zero attached hydrogens (tertiary/aromatic N) is 3. The Morgan fingerprint density at radius 1 is 1.36 bits per heavy atom. The highest BCUT2D eigenvalue weighted by molar-refractivity contribution is 6.04. The van der Waals surface area contributed by atoms with Crippen molar-refractivity contribution in [3.8, 4) is 0 Å². The van der Waals surface area contributed by atoms with Crippen molar-refractivity contribution in [3.63, 3.8) is 0 Å². The summed E-state index contributed by atoms with van der Waals surface area (Å²) in [6, 6.07) is 7.10. The Morgan fingerprint density at radius 2 is 2.09 bits per heavy atom. The Balaban J connectivity index is 2.04. The molecule has 0 saturated carbocycles. The van der Waals surface area contributed by atoms with Crippen LogP contribution in [0.4, 0.5) is 0 Å². The Hall–Kier alpha value is -2.21. The van der Waals surface area contributed by atoms with Crippen molar-refractivity contribution >= 4 is 16.7 Å². The molecule has 6 nitrogen and oxygen atoms in total. The first-order valence-corrected chi connectivity index (χ1v) is 7.48. The number of hydrogen-bond donors (Lipinski definition) is 0. The molecule has 1 amide bonds. The second-order valence-electron chi connectivity index (χ2n) is 5.48. The summed E-state index contributed by atoms with van der Waals surface area (Å²) in [5.41, 5.74) is 0.134. The van der Waals surface area contributed by atoms with Gasteiger partial charge in [-0.3, -0.25) is 9.59 Å². The molecule has 1 fully saturated rings. The largest absolute Gasteiger partial charge is 0.375 e. The van der Waals surface area contributed by atoms with Crippen molar-refractivity contribution in [3.05, 3.63) is 40.3 Å². The van der Waals surface area contributed by atoms with Gasteiger partial charge in [0.05, 0.1) is 18.1 Å². The third kappa shape index (κ3) is 2.50. The number of ether oxygens (including phenoxy) is 1. The fourth-order valence-corrected chi connectivity index (χ4v) is 2.76. The van der Waals surface area contributed by atoms with Crippen molar-refractivity contribution in [1.82, 2.24) is 14.7 Å². The van der Waals surface area contributed by atoms with Crippen LogP contribution in [-0.2, 0) is 11.8 Å². The fourth-order valence-electron chi connectivity index (χ4n) is 2.76. The molecule has 6 heteroatoms. The van der Waals surface area contributed by atoms with E-state index < -0.39 is 0 Å². The average Bonchev–Trinajstić information content (AvgIpc) is 2.57. The Morgan fingerprint density at radius 3 is 2.82 bits per heavy atom. The van der Waals surface area contributed by atoms with Crippen molar-refractivity contribution in [1.29, 1.82) is 0 Å². The Labute approximate surface area is 128 Å². The van der Waals surface area contributed by atoms with E-state index in [1.165, 1.54) is 4.68 Å². The van der Waals surface area contributed by atoms with E-state index in [1.807, 2.05) is 13.0 Å². The highest BCUT2D eigenvalue weighted by Crippen LogP contribution is 2.17. The van der Waals surface area contributed by atoms with Crippen LogP contribution in [0.3, 0.4) is 0 Å². The smallest absolute Gasteiger partial charge is 0.275 e. The molecule has 2 aromatic rings. The second kappa shape index (κ2) is 5.88. The van der Waals surface area contributed by atoms with Crippen LogP contribution in [0.5, 0.6) is 0 Å². The van der Waals surface area contributed by atoms with E-state index in [-0.39, 0.29) is 17.6 Å². The van der Waals surface area contributed by atoms with Gasteiger partial charge in [-0.1, -0.05) is 25.1 Å². The second-order valence-corrected chi connectivity index (χ2v) is 5.48. The quantitative estimate of drug-likeness (QED) is 0.835. The number of aryl methyl sites for hydroxylation is 1. The van der Waals surface area contributed by atoms with Gasteiger partial charge >= 0.3 is 0 Å². The van der Waals surface area contributed by atoms with E-state index >= 15 is 0 Å². The van der Waals surface area contributed by atoms with Crippen LogP contribution in [0.2, 0.25) is 0 Å². The minimum atomic E-state index is -0.194. The van der Waals surface area contributed by atoms with Crippen LogP contribution in [0, 0.1) is 0 Å². The molecule has 0 radical (unpaired) electrons. The molecule has 1 unspecified atom stereocenters. The van der Waals surface area contributed by atoms with Crippen LogP contribution in [0.25, 0.3) is 10.8 Å². The molecular weight excluding hydrogens is 282 g/mol. The number of carbonyl (C=O) groups excluding carboxylic acids is 1. The first kappa shape index (κ1) is 14.7. The predicted molar refractivity (Wildman–Crippen MR) is 82.9 cm³/mol. The van der Waals surface area contributed by atoms with Crippen LogP contribution in [0.15, 0.2) is 29.1 Å². The third-order valence-corrected chi connectivity index (χ3v) is 4.04. The van der Waals surface area contributed by atoms with Gasteiger partial charge in [-0.25, -0.2) is 4.68 Å². The molecule has 1 aromatic carbocycles. The molecule has 1 saturated heterocycles. The summed E-state index contributed by atoms with van der Waals surface area (Å²) in [4.78, 5) is 26.7. The zero-order chi connectivity index (χ0) is 15.7. The van der Waals surface area contributed by atoms with E-state index in [1.54, 1.807) is 30.1 Å².